The molecule has 2 saturated carbocycles. The number of hydrogen-bond acceptors (Lipinski definition) is 3. The van der Waals surface area contributed by atoms with Crippen molar-refractivity contribution in [2.75, 3.05) is 13.7 Å². The van der Waals surface area contributed by atoms with Crippen LogP contribution in [0.25, 0.3) is 0 Å². The van der Waals surface area contributed by atoms with E-state index < -0.39 is 0 Å². The first-order chi connectivity index (χ1) is 11.7. The van der Waals surface area contributed by atoms with Crippen LogP contribution in [0.4, 0.5) is 0 Å². The van der Waals surface area contributed by atoms with Crippen LogP contribution in [-0.4, -0.2) is 31.8 Å². The summed E-state index contributed by atoms with van der Waals surface area (Å²) >= 11 is 0. The van der Waals surface area contributed by atoms with Crippen LogP contribution in [0.5, 0.6) is 0 Å². The molecule has 2 fully saturated rings. The first-order valence-electron chi connectivity index (χ1n) is 9.20. The summed E-state index contributed by atoms with van der Waals surface area (Å²) in [7, 11) is 1.68. The van der Waals surface area contributed by atoms with Crippen molar-refractivity contribution in [3.05, 3.63) is 35.4 Å². The highest BCUT2D eigenvalue weighted by atomic mass is 16.5. The molecule has 4 heteroatoms. The molecule has 2 aliphatic rings. The van der Waals surface area contributed by atoms with Gasteiger partial charge in [0.25, 0.3) is 5.91 Å². The summed E-state index contributed by atoms with van der Waals surface area (Å²) in [5, 5.41) is 3.28. The van der Waals surface area contributed by atoms with Crippen LogP contribution in [0, 0.1) is 5.41 Å². The molecule has 3 rings (SSSR count). The monoisotopic (exact) mass is 331 g/mol. The largest absolute Gasteiger partial charge is 0.380 e. The molecule has 2 atom stereocenters. The molecule has 1 N–H and O–H groups in total. The fourth-order valence-electron chi connectivity index (χ4n) is 4.43. The standard InChI is InChI=1S/C20H29NO3/c1-3-24-18-13-17(20(18)11-5-4-6-12-20)21-19(22)16-9-7-15(8-10-16)14-23-2/h7-10,17-18H,3-6,11-14H2,1-2H3,(H,21,22)/t17-,18-/m0/s1. The van der Waals surface area contributed by atoms with Crippen molar-refractivity contribution in [1.29, 1.82) is 0 Å². The van der Waals surface area contributed by atoms with E-state index in [1.165, 1.54) is 32.1 Å². The Labute approximate surface area is 144 Å². The van der Waals surface area contributed by atoms with Crippen molar-refractivity contribution in [2.24, 2.45) is 5.41 Å². The predicted molar refractivity (Wildman–Crippen MR) is 94.0 cm³/mol. The average Bonchev–Trinajstić information content (AvgIpc) is 2.62. The van der Waals surface area contributed by atoms with Gasteiger partial charge in [0.05, 0.1) is 12.7 Å². The summed E-state index contributed by atoms with van der Waals surface area (Å²) in [5.74, 6) is 0.0314. The van der Waals surface area contributed by atoms with Gasteiger partial charge in [-0.1, -0.05) is 31.4 Å². The van der Waals surface area contributed by atoms with Gasteiger partial charge in [0.15, 0.2) is 0 Å². The van der Waals surface area contributed by atoms with Gasteiger partial charge in [-0.05, 0) is 43.9 Å². The summed E-state index contributed by atoms with van der Waals surface area (Å²) in [6.45, 7) is 3.39. The fourth-order valence-corrected chi connectivity index (χ4v) is 4.43. The van der Waals surface area contributed by atoms with Crippen LogP contribution >= 0.6 is 0 Å². The molecule has 0 heterocycles. The number of nitrogens with one attached hydrogen (secondary N) is 1. The topological polar surface area (TPSA) is 47.6 Å². The molecule has 0 saturated heterocycles. The van der Waals surface area contributed by atoms with Gasteiger partial charge >= 0.3 is 0 Å². The maximum atomic E-state index is 12.6. The summed E-state index contributed by atoms with van der Waals surface area (Å²) < 4.78 is 11.1. The van der Waals surface area contributed by atoms with Gasteiger partial charge in [-0.15, -0.1) is 0 Å². The Morgan fingerprint density at radius 1 is 1.21 bits per heavy atom. The number of benzene rings is 1. The van der Waals surface area contributed by atoms with Crippen molar-refractivity contribution in [3.63, 3.8) is 0 Å². The zero-order valence-corrected chi connectivity index (χ0v) is 14.8. The van der Waals surface area contributed by atoms with Gasteiger partial charge in [0.2, 0.25) is 0 Å². The number of methoxy groups -OCH3 is 1. The molecule has 1 amide bonds. The van der Waals surface area contributed by atoms with Crippen LogP contribution in [0.15, 0.2) is 24.3 Å². The summed E-state index contributed by atoms with van der Waals surface area (Å²) in [6, 6.07) is 7.93. The minimum Gasteiger partial charge on any atom is -0.380 e. The van der Waals surface area contributed by atoms with E-state index in [1.807, 2.05) is 24.3 Å². The Hall–Kier alpha value is -1.39. The molecular formula is C20H29NO3. The SMILES string of the molecule is CCO[C@H]1C[C@H](NC(=O)c2ccc(COC)cc2)C12CCCCC2. The van der Waals surface area contributed by atoms with E-state index in [1.54, 1.807) is 7.11 Å². The van der Waals surface area contributed by atoms with E-state index in [4.69, 9.17) is 9.47 Å². The number of ether oxygens (including phenoxy) is 2. The van der Waals surface area contributed by atoms with E-state index in [9.17, 15) is 4.79 Å². The molecule has 132 valence electrons. The van der Waals surface area contributed by atoms with Gasteiger partial charge in [0.1, 0.15) is 0 Å². The minimum atomic E-state index is 0.0314. The van der Waals surface area contributed by atoms with Gasteiger partial charge in [-0.3, -0.25) is 4.79 Å². The lowest BCUT2D eigenvalue weighted by atomic mass is 9.55. The first-order valence-corrected chi connectivity index (χ1v) is 9.20. The molecule has 0 aliphatic heterocycles. The molecular weight excluding hydrogens is 302 g/mol. The smallest absolute Gasteiger partial charge is 0.251 e. The van der Waals surface area contributed by atoms with Crippen LogP contribution < -0.4 is 5.32 Å². The molecule has 0 unspecified atom stereocenters. The highest BCUT2D eigenvalue weighted by Gasteiger charge is 2.56. The Morgan fingerprint density at radius 3 is 2.54 bits per heavy atom. The van der Waals surface area contributed by atoms with E-state index in [0.29, 0.717) is 12.7 Å². The summed E-state index contributed by atoms with van der Waals surface area (Å²) in [4.78, 5) is 12.6. The normalized spacial score (nSPS) is 25.2. The quantitative estimate of drug-likeness (QED) is 0.865. The lowest BCUT2D eigenvalue weighted by Crippen LogP contribution is -2.65. The van der Waals surface area contributed by atoms with E-state index in [-0.39, 0.29) is 17.4 Å². The molecule has 24 heavy (non-hydrogen) atoms. The van der Waals surface area contributed by atoms with Crippen LogP contribution in [0.2, 0.25) is 0 Å². The number of carbonyl (C=O) groups excluding carboxylic acids is 1. The number of rotatable bonds is 6. The third kappa shape index (κ3) is 3.35. The molecule has 0 aromatic heterocycles. The Morgan fingerprint density at radius 2 is 1.92 bits per heavy atom. The third-order valence-electron chi connectivity index (χ3n) is 5.77. The van der Waals surface area contributed by atoms with Crippen molar-refractivity contribution in [2.45, 2.75) is 64.2 Å². The van der Waals surface area contributed by atoms with Crippen molar-refractivity contribution in [3.8, 4) is 0 Å². The summed E-state index contributed by atoms with van der Waals surface area (Å²) in [6.07, 6.45) is 7.43. The maximum Gasteiger partial charge on any atom is 0.251 e. The fraction of sp³-hybridized carbons (Fsp3) is 0.650. The zero-order valence-electron chi connectivity index (χ0n) is 14.8. The number of hydrogen-bond donors (Lipinski definition) is 1. The Bertz CT molecular complexity index is 549. The number of carbonyl (C=O) groups is 1. The van der Waals surface area contributed by atoms with Crippen LogP contribution in [0.1, 0.15) is 61.4 Å². The van der Waals surface area contributed by atoms with Gasteiger partial charge in [0, 0.05) is 30.7 Å². The second-order valence-electron chi connectivity index (χ2n) is 7.13. The molecule has 1 spiro atoms. The molecule has 1 aromatic carbocycles. The second kappa shape index (κ2) is 7.66. The van der Waals surface area contributed by atoms with Crippen molar-refractivity contribution >= 4 is 5.91 Å². The first kappa shape index (κ1) is 17.4. The lowest BCUT2D eigenvalue weighted by molar-refractivity contribution is -0.146. The zero-order chi connectivity index (χ0) is 17.0. The second-order valence-corrected chi connectivity index (χ2v) is 7.13. The van der Waals surface area contributed by atoms with Crippen molar-refractivity contribution in [1.82, 2.24) is 5.32 Å². The minimum absolute atomic E-state index is 0.0314. The third-order valence-corrected chi connectivity index (χ3v) is 5.77. The molecule has 1 aromatic rings. The highest BCUT2D eigenvalue weighted by molar-refractivity contribution is 5.94. The highest BCUT2D eigenvalue weighted by Crippen LogP contribution is 2.53. The van der Waals surface area contributed by atoms with Gasteiger partial charge in [-0.25, -0.2) is 0 Å². The van der Waals surface area contributed by atoms with Crippen LogP contribution in [-0.2, 0) is 16.1 Å². The molecule has 0 bridgehead atoms. The molecule has 0 radical (unpaired) electrons. The summed E-state index contributed by atoms with van der Waals surface area (Å²) in [5.41, 5.74) is 1.97. The van der Waals surface area contributed by atoms with Crippen LogP contribution in [0.3, 0.4) is 0 Å². The lowest BCUT2D eigenvalue weighted by Gasteiger charge is -2.57. The van der Waals surface area contributed by atoms with Crippen molar-refractivity contribution < 1.29 is 14.3 Å². The maximum absolute atomic E-state index is 12.6. The van der Waals surface area contributed by atoms with E-state index in [0.717, 1.165) is 24.2 Å². The molecule has 4 nitrogen and oxygen atoms in total. The van der Waals surface area contributed by atoms with E-state index >= 15 is 0 Å². The van der Waals surface area contributed by atoms with E-state index in [2.05, 4.69) is 12.2 Å². The predicted octanol–water partition coefficient (Wildman–Crippen LogP) is 3.69. The molecule has 2 aliphatic carbocycles. The Kier molecular flexibility index (Phi) is 5.57. The average molecular weight is 331 g/mol. The van der Waals surface area contributed by atoms with Gasteiger partial charge < -0.3 is 14.8 Å². The Balaban J connectivity index is 1.65. The number of amides is 1. The van der Waals surface area contributed by atoms with Gasteiger partial charge in [-0.2, -0.15) is 0 Å².